The SMILES string of the molecule is CC[C@@H](C)[C@H](NC(=O)C1CCN(C(=O)[C@@H](NC(=O)OC(C)(C)C)C(C)C)CC1)C(=O)O. The molecule has 178 valence electrons. The fourth-order valence-electron chi connectivity index (χ4n) is 3.46. The minimum atomic E-state index is -1.04. The molecule has 1 heterocycles. The van der Waals surface area contributed by atoms with Crippen LogP contribution >= 0.6 is 0 Å². The molecule has 0 aromatic carbocycles. The van der Waals surface area contributed by atoms with Crippen molar-refractivity contribution >= 4 is 23.9 Å². The van der Waals surface area contributed by atoms with E-state index in [2.05, 4.69) is 10.6 Å². The maximum Gasteiger partial charge on any atom is 0.408 e. The van der Waals surface area contributed by atoms with Crippen LogP contribution in [0.25, 0.3) is 0 Å². The highest BCUT2D eigenvalue weighted by atomic mass is 16.6. The van der Waals surface area contributed by atoms with Crippen molar-refractivity contribution in [2.45, 2.75) is 85.4 Å². The number of amides is 3. The Hall–Kier alpha value is -2.32. The molecular formula is C22H39N3O6. The molecule has 1 aliphatic rings. The number of ether oxygens (including phenoxy) is 1. The van der Waals surface area contributed by atoms with Gasteiger partial charge in [-0.3, -0.25) is 9.59 Å². The summed E-state index contributed by atoms with van der Waals surface area (Å²) in [4.78, 5) is 50.8. The Morgan fingerprint density at radius 3 is 2.00 bits per heavy atom. The van der Waals surface area contributed by atoms with Crippen LogP contribution in [0.4, 0.5) is 4.79 Å². The quantitative estimate of drug-likeness (QED) is 0.531. The van der Waals surface area contributed by atoms with Crippen molar-refractivity contribution in [3.8, 4) is 0 Å². The number of likely N-dealkylation sites (tertiary alicyclic amines) is 1. The average molecular weight is 442 g/mol. The summed E-state index contributed by atoms with van der Waals surface area (Å²) in [7, 11) is 0. The van der Waals surface area contributed by atoms with Crippen LogP contribution in [0.15, 0.2) is 0 Å². The number of rotatable bonds is 8. The summed E-state index contributed by atoms with van der Waals surface area (Å²) >= 11 is 0. The molecule has 0 bridgehead atoms. The maximum absolute atomic E-state index is 13.0. The first-order valence-corrected chi connectivity index (χ1v) is 11.1. The van der Waals surface area contributed by atoms with Crippen LogP contribution in [0.2, 0.25) is 0 Å². The van der Waals surface area contributed by atoms with Crippen LogP contribution in [0.3, 0.4) is 0 Å². The number of alkyl carbamates (subject to hydrolysis) is 1. The summed E-state index contributed by atoms with van der Waals surface area (Å²) in [6.07, 6.45) is 0.896. The molecule has 1 saturated heterocycles. The number of carboxylic acid groups (broad SMARTS) is 1. The fourth-order valence-corrected chi connectivity index (χ4v) is 3.46. The molecule has 1 fully saturated rings. The van der Waals surface area contributed by atoms with Gasteiger partial charge in [0.2, 0.25) is 11.8 Å². The largest absolute Gasteiger partial charge is 0.480 e. The lowest BCUT2D eigenvalue weighted by atomic mass is 9.92. The first-order valence-electron chi connectivity index (χ1n) is 11.1. The summed E-state index contributed by atoms with van der Waals surface area (Å²) in [6, 6.07) is -1.64. The van der Waals surface area contributed by atoms with Gasteiger partial charge in [-0.1, -0.05) is 34.1 Å². The van der Waals surface area contributed by atoms with Gasteiger partial charge in [-0.05, 0) is 45.4 Å². The lowest BCUT2D eigenvalue weighted by molar-refractivity contribution is -0.144. The van der Waals surface area contributed by atoms with Crippen LogP contribution in [-0.4, -0.2) is 64.7 Å². The molecule has 0 aromatic rings. The van der Waals surface area contributed by atoms with E-state index in [4.69, 9.17) is 4.74 Å². The van der Waals surface area contributed by atoms with E-state index in [1.165, 1.54) is 0 Å². The lowest BCUT2D eigenvalue weighted by Gasteiger charge is -2.35. The van der Waals surface area contributed by atoms with Crippen LogP contribution in [0.1, 0.15) is 67.7 Å². The molecule has 3 amide bonds. The molecule has 9 nitrogen and oxygen atoms in total. The van der Waals surface area contributed by atoms with E-state index in [0.29, 0.717) is 32.4 Å². The summed E-state index contributed by atoms with van der Waals surface area (Å²) in [5.41, 5.74) is -0.663. The fraction of sp³-hybridized carbons (Fsp3) is 0.818. The maximum atomic E-state index is 13.0. The minimum absolute atomic E-state index is 0.132. The first kappa shape index (κ1) is 26.7. The van der Waals surface area contributed by atoms with Gasteiger partial charge in [0.05, 0.1) is 0 Å². The van der Waals surface area contributed by atoms with Crippen LogP contribution < -0.4 is 10.6 Å². The first-order chi connectivity index (χ1) is 14.3. The van der Waals surface area contributed by atoms with Crippen LogP contribution in [0.5, 0.6) is 0 Å². The predicted molar refractivity (Wildman–Crippen MR) is 116 cm³/mol. The second-order valence-corrected chi connectivity index (χ2v) is 9.68. The number of aliphatic carboxylic acids is 1. The van der Waals surface area contributed by atoms with E-state index in [1.807, 2.05) is 20.8 Å². The number of hydrogen-bond acceptors (Lipinski definition) is 5. The third-order valence-corrected chi connectivity index (χ3v) is 5.56. The van der Waals surface area contributed by atoms with Gasteiger partial charge in [0.15, 0.2) is 0 Å². The Morgan fingerprint density at radius 1 is 1.03 bits per heavy atom. The molecule has 0 radical (unpaired) electrons. The molecule has 0 saturated carbocycles. The van der Waals surface area contributed by atoms with Crippen molar-refractivity contribution in [1.29, 1.82) is 0 Å². The number of piperidine rings is 1. The number of nitrogens with one attached hydrogen (secondary N) is 2. The van der Waals surface area contributed by atoms with Crippen molar-refractivity contribution in [3.05, 3.63) is 0 Å². The Labute approximate surface area is 185 Å². The number of carboxylic acids is 1. The van der Waals surface area contributed by atoms with Crippen molar-refractivity contribution in [2.75, 3.05) is 13.1 Å². The number of nitrogens with zero attached hydrogens (tertiary/aromatic N) is 1. The second kappa shape index (κ2) is 11.3. The van der Waals surface area contributed by atoms with Gasteiger partial charge in [-0.25, -0.2) is 9.59 Å². The molecule has 1 aliphatic heterocycles. The molecule has 3 N–H and O–H groups in total. The summed E-state index contributed by atoms with van der Waals surface area (Å²) in [5.74, 6) is -2.17. The summed E-state index contributed by atoms with van der Waals surface area (Å²) in [6.45, 7) is 13.4. The Kier molecular flexibility index (Phi) is 9.77. The average Bonchev–Trinajstić information content (AvgIpc) is 2.67. The van der Waals surface area contributed by atoms with E-state index < -0.39 is 29.7 Å². The van der Waals surface area contributed by atoms with Gasteiger partial charge >= 0.3 is 12.1 Å². The molecule has 0 unspecified atom stereocenters. The van der Waals surface area contributed by atoms with Gasteiger partial charge in [0.25, 0.3) is 0 Å². The van der Waals surface area contributed by atoms with E-state index in [9.17, 15) is 24.3 Å². The standard InChI is InChI=1S/C22H39N3O6/c1-8-14(4)17(20(28)29)23-18(26)15-9-11-25(12-10-15)19(27)16(13(2)3)24-21(30)31-22(5,6)7/h13-17H,8-12H2,1-7H3,(H,23,26)(H,24,30)(H,28,29)/t14-,16+,17+/m1/s1. The van der Waals surface area contributed by atoms with Gasteiger partial charge in [0.1, 0.15) is 17.7 Å². The summed E-state index contributed by atoms with van der Waals surface area (Å²) in [5, 5.41) is 14.7. The monoisotopic (exact) mass is 441 g/mol. The smallest absolute Gasteiger partial charge is 0.408 e. The van der Waals surface area contributed by atoms with E-state index >= 15 is 0 Å². The third-order valence-electron chi connectivity index (χ3n) is 5.56. The van der Waals surface area contributed by atoms with E-state index in [-0.39, 0.29) is 29.6 Å². The zero-order chi connectivity index (χ0) is 23.9. The van der Waals surface area contributed by atoms with Crippen molar-refractivity contribution in [1.82, 2.24) is 15.5 Å². The summed E-state index contributed by atoms with van der Waals surface area (Å²) < 4.78 is 5.27. The van der Waals surface area contributed by atoms with Crippen molar-refractivity contribution in [3.63, 3.8) is 0 Å². The molecule has 0 aliphatic carbocycles. The topological polar surface area (TPSA) is 125 Å². The van der Waals surface area contributed by atoms with Gasteiger partial charge in [-0.2, -0.15) is 0 Å². The van der Waals surface area contributed by atoms with E-state index in [1.54, 1.807) is 32.6 Å². The third kappa shape index (κ3) is 8.38. The van der Waals surface area contributed by atoms with Crippen LogP contribution in [-0.2, 0) is 19.1 Å². The molecular weight excluding hydrogens is 402 g/mol. The van der Waals surface area contributed by atoms with Gasteiger partial charge < -0.3 is 25.4 Å². The number of hydrogen-bond donors (Lipinski definition) is 3. The normalized spacial score (nSPS) is 18.1. The molecule has 0 aromatic heterocycles. The van der Waals surface area contributed by atoms with Crippen molar-refractivity contribution < 1.29 is 29.0 Å². The Bertz CT molecular complexity index is 650. The molecule has 1 rings (SSSR count). The Balaban J connectivity index is 2.68. The number of carbonyl (C=O) groups is 4. The molecule has 3 atom stereocenters. The zero-order valence-electron chi connectivity index (χ0n) is 19.9. The molecule has 9 heteroatoms. The van der Waals surface area contributed by atoms with Crippen molar-refractivity contribution in [2.24, 2.45) is 17.8 Å². The van der Waals surface area contributed by atoms with Gasteiger partial charge in [0, 0.05) is 19.0 Å². The van der Waals surface area contributed by atoms with E-state index in [0.717, 1.165) is 0 Å². The highest BCUT2D eigenvalue weighted by Crippen LogP contribution is 2.21. The predicted octanol–water partition coefficient (Wildman–Crippen LogP) is 2.39. The van der Waals surface area contributed by atoms with Gasteiger partial charge in [-0.15, -0.1) is 0 Å². The minimum Gasteiger partial charge on any atom is -0.480 e. The second-order valence-electron chi connectivity index (χ2n) is 9.68. The molecule has 31 heavy (non-hydrogen) atoms. The Morgan fingerprint density at radius 2 is 1.58 bits per heavy atom. The zero-order valence-corrected chi connectivity index (χ0v) is 19.9. The molecule has 0 spiro atoms. The highest BCUT2D eigenvalue weighted by molar-refractivity contribution is 5.87. The van der Waals surface area contributed by atoms with Crippen LogP contribution in [0, 0.1) is 17.8 Å². The lowest BCUT2D eigenvalue weighted by Crippen LogP contribution is -2.55. The number of carbonyl (C=O) groups excluding carboxylic acids is 3. The highest BCUT2D eigenvalue weighted by Gasteiger charge is 2.35.